The van der Waals surface area contributed by atoms with E-state index in [0.29, 0.717) is 0 Å². The van der Waals surface area contributed by atoms with E-state index < -0.39 is 0 Å². The number of nitrogens with zero attached hydrogens (tertiary/aromatic N) is 2. The van der Waals surface area contributed by atoms with Gasteiger partial charge in [-0.15, -0.1) is 0 Å². The zero-order chi connectivity index (χ0) is 12.2. The Labute approximate surface area is 98.6 Å². The standard InChI is InChI=1S/C13H23N3/c1-6-12-14-7-8-16(12)10-11(2)9-15-13(3,4)5/h7-8,15H,2,6,9-10H2,1,3-5H3. The van der Waals surface area contributed by atoms with Crippen molar-refractivity contribution in [3.63, 3.8) is 0 Å². The van der Waals surface area contributed by atoms with E-state index in [1.807, 2.05) is 12.4 Å². The number of hydrogen-bond acceptors (Lipinski definition) is 2. The van der Waals surface area contributed by atoms with Gasteiger partial charge in [-0.2, -0.15) is 0 Å². The first-order valence-electron chi connectivity index (χ1n) is 5.84. The molecule has 0 saturated carbocycles. The summed E-state index contributed by atoms with van der Waals surface area (Å²) in [6.45, 7) is 14.4. The van der Waals surface area contributed by atoms with Gasteiger partial charge in [-0.1, -0.05) is 13.5 Å². The molecule has 1 aromatic heterocycles. The third-order valence-corrected chi connectivity index (χ3v) is 2.38. The monoisotopic (exact) mass is 221 g/mol. The van der Waals surface area contributed by atoms with E-state index in [9.17, 15) is 0 Å². The SMILES string of the molecule is C=C(CNC(C)(C)C)Cn1ccnc1CC. The fraction of sp³-hybridized carbons (Fsp3) is 0.615. The molecule has 0 aliphatic heterocycles. The summed E-state index contributed by atoms with van der Waals surface area (Å²) in [4.78, 5) is 4.30. The smallest absolute Gasteiger partial charge is 0.108 e. The molecule has 0 radical (unpaired) electrons. The molecule has 0 aliphatic carbocycles. The summed E-state index contributed by atoms with van der Waals surface area (Å²) in [5, 5.41) is 3.44. The second-order valence-corrected chi connectivity index (χ2v) is 5.18. The molecule has 0 unspecified atom stereocenters. The Balaban J connectivity index is 2.46. The largest absolute Gasteiger partial charge is 0.331 e. The molecule has 0 spiro atoms. The molecular formula is C13H23N3. The molecule has 0 aromatic carbocycles. The number of aryl methyl sites for hydroxylation is 1. The van der Waals surface area contributed by atoms with E-state index in [2.05, 4.69) is 49.1 Å². The Morgan fingerprint density at radius 1 is 1.50 bits per heavy atom. The van der Waals surface area contributed by atoms with Gasteiger partial charge in [0.15, 0.2) is 0 Å². The Bertz CT molecular complexity index is 344. The molecule has 90 valence electrons. The van der Waals surface area contributed by atoms with Crippen LogP contribution in [0.4, 0.5) is 0 Å². The Kier molecular flexibility index (Phi) is 4.30. The topological polar surface area (TPSA) is 29.9 Å². The molecular weight excluding hydrogens is 198 g/mol. The van der Waals surface area contributed by atoms with Crippen molar-refractivity contribution in [3.8, 4) is 0 Å². The summed E-state index contributed by atoms with van der Waals surface area (Å²) in [6, 6.07) is 0. The van der Waals surface area contributed by atoms with Gasteiger partial charge in [-0.3, -0.25) is 0 Å². The summed E-state index contributed by atoms with van der Waals surface area (Å²) in [7, 11) is 0. The molecule has 16 heavy (non-hydrogen) atoms. The van der Waals surface area contributed by atoms with Gasteiger partial charge in [0.2, 0.25) is 0 Å². The first-order chi connectivity index (χ1) is 7.42. The molecule has 0 aliphatic rings. The lowest BCUT2D eigenvalue weighted by Crippen LogP contribution is -2.37. The summed E-state index contributed by atoms with van der Waals surface area (Å²) in [5.41, 5.74) is 1.33. The number of hydrogen-bond donors (Lipinski definition) is 1. The second kappa shape index (κ2) is 5.30. The van der Waals surface area contributed by atoms with E-state index in [0.717, 1.165) is 25.3 Å². The van der Waals surface area contributed by atoms with Crippen molar-refractivity contribution in [1.29, 1.82) is 0 Å². The molecule has 1 N–H and O–H groups in total. The summed E-state index contributed by atoms with van der Waals surface area (Å²) in [6.07, 6.45) is 4.83. The second-order valence-electron chi connectivity index (χ2n) is 5.18. The number of imidazole rings is 1. The van der Waals surface area contributed by atoms with Crippen LogP contribution >= 0.6 is 0 Å². The zero-order valence-corrected chi connectivity index (χ0v) is 10.9. The van der Waals surface area contributed by atoms with Crippen molar-refractivity contribution in [2.45, 2.75) is 46.2 Å². The van der Waals surface area contributed by atoms with Gasteiger partial charge in [0.05, 0.1) is 0 Å². The molecule has 3 nitrogen and oxygen atoms in total. The lowest BCUT2D eigenvalue weighted by molar-refractivity contribution is 0.440. The average molecular weight is 221 g/mol. The summed E-state index contributed by atoms with van der Waals surface area (Å²) < 4.78 is 2.16. The molecule has 0 atom stereocenters. The first-order valence-corrected chi connectivity index (χ1v) is 5.84. The van der Waals surface area contributed by atoms with Crippen LogP contribution in [0.2, 0.25) is 0 Å². The third-order valence-electron chi connectivity index (χ3n) is 2.38. The van der Waals surface area contributed by atoms with Crippen LogP contribution in [0, 0.1) is 0 Å². The van der Waals surface area contributed by atoms with Crippen LogP contribution in [0.25, 0.3) is 0 Å². The van der Waals surface area contributed by atoms with Gasteiger partial charge in [-0.05, 0) is 26.3 Å². The number of aromatic nitrogens is 2. The highest BCUT2D eigenvalue weighted by Crippen LogP contribution is 2.05. The maximum Gasteiger partial charge on any atom is 0.108 e. The molecule has 1 rings (SSSR count). The fourth-order valence-corrected chi connectivity index (χ4v) is 1.49. The maximum atomic E-state index is 4.30. The molecule has 1 heterocycles. The minimum Gasteiger partial charge on any atom is -0.331 e. The van der Waals surface area contributed by atoms with Crippen LogP contribution in [0.1, 0.15) is 33.5 Å². The van der Waals surface area contributed by atoms with E-state index in [-0.39, 0.29) is 5.54 Å². The van der Waals surface area contributed by atoms with Crippen molar-refractivity contribution in [2.75, 3.05) is 6.54 Å². The average Bonchev–Trinajstić information content (AvgIpc) is 2.61. The van der Waals surface area contributed by atoms with Crippen LogP contribution in [-0.4, -0.2) is 21.6 Å². The molecule has 1 aromatic rings. The third kappa shape index (κ3) is 4.19. The highest BCUT2D eigenvalue weighted by Gasteiger charge is 2.09. The van der Waals surface area contributed by atoms with E-state index in [1.165, 1.54) is 5.57 Å². The van der Waals surface area contributed by atoms with Gasteiger partial charge >= 0.3 is 0 Å². The molecule has 0 saturated heterocycles. The Morgan fingerprint density at radius 3 is 2.75 bits per heavy atom. The highest BCUT2D eigenvalue weighted by atomic mass is 15.1. The lowest BCUT2D eigenvalue weighted by atomic mass is 10.1. The Morgan fingerprint density at radius 2 is 2.19 bits per heavy atom. The van der Waals surface area contributed by atoms with Crippen LogP contribution in [0.15, 0.2) is 24.5 Å². The molecule has 0 amide bonds. The predicted octanol–water partition coefficient (Wildman–Crippen LogP) is 2.39. The van der Waals surface area contributed by atoms with Crippen LogP contribution in [0.5, 0.6) is 0 Å². The van der Waals surface area contributed by atoms with Gasteiger partial charge in [0.1, 0.15) is 5.82 Å². The Hall–Kier alpha value is -1.09. The zero-order valence-electron chi connectivity index (χ0n) is 10.9. The van der Waals surface area contributed by atoms with Crippen molar-refractivity contribution < 1.29 is 0 Å². The number of rotatable bonds is 5. The highest BCUT2D eigenvalue weighted by molar-refractivity contribution is 5.03. The van der Waals surface area contributed by atoms with Crippen molar-refractivity contribution in [1.82, 2.24) is 14.9 Å². The lowest BCUT2D eigenvalue weighted by Gasteiger charge is -2.21. The molecule has 0 bridgehead atoms. The minimum atomic E-state index is 0.144. The minimum absolute atomic E-state index is 0.144. The first kappa shape index (κ1) is 13.0. The van der Waals surface area contributed by atoms with E-state index >= 15 is 0 Å². The van der Waals surface area contributed by atoms with Gasteiger partial charge in [0, 0.05) is 37.4 Å². The molecule has 0 fully saturated rings. The summed E-state index contributed by atoms with van der Waals surface area (Å²) in [5.74, 6) is 1.12. The van der Waals surface area contributed by atoms with Crippen LogP contribution < -0.4 is 5.32 Å². The van der Waals surface area contributed by atoms with Crippen LogP contribution in [0.3, 0.4) is 0 Å². The van der Waals surface area contributed by atoms with E-state index in [4.69, 9.17) is 0 Å². The van der Waals surface area contributed by atoms with Gasteiger partial charge < -0.3 is 9.88 Å². The van der Waals surface area contributed by atoms with Gasteiger partial charge in [0.25, 0.3) is 0 Å². The van der Waals surface area contributed by atoms with Gasteiger partial charge in [-0.25, -0.2) is 4.98 Å². The summed E-state index contributed by atoms with van der Waals surface area (Å²) >= 11 is 0. The van der Waals surface area contributed by atoms with Crippen molar-refractivity contribution in [2.24, 2.45) is 0 Å². The van der Waals surface area contributed by atoms with E-state index in [1.54, 1.807) is 0 Å². The van der Waals surface area contributed by atoms with Crippen molar-refractivity contribution >= 4 is 0 Å². The molecule has 3 heteroatoms. The normalized spacial score (nSPS) is 11.8. The maximum absolute atomic E-state index is 4.30. The number of nitrogens with one attached hydrogen (secondary N) is 1. The van der Waals surface area contributed by atoms with Crippen LogP contribution in [-0.2, 0) is 13.0 Å². The quantitative estimate of drug-likeness (QED) is 0.774. The predicted molar refractivity (Wildman–Crippen MR) is 68.5 cm³/mol. The fourth-order valence-electron chi connectivity index (χ4n) is 1.49. The van der Waals surface area contributed by atoms with Crippen molar-refractivity contribution in [3.05, 3.63) is 30.4 Å².